The Labute approximate surface area is 232 Å². The van der Waals surface area contributed by atoms with E-state index >= 15 is 0 Å². The summed E-state index contributed by atoms with van der Waals surface area (Å²) in [5, 5.41) is 9.49. The molecule has 4 aromatic rings. The van der Waals surface area contributed by atoms with Gasteiger partial charge in [-0.1, -0.05) is 44.0 Å². The van der Waals surface area contributed by atoms with E-state index in [0.717, 1.165) is 11.3 Å². The Balaban J connectivity index is 1.43. The summed E-state index contributed by atoms with van der Waals surface area (Å²) >= 11 is 13.7. The first kappa shape index (κ1) is 27.3. The molecule has 4 rings (SSSR count). The standard InChI is InChI=1S/C24H23Cl2N9O2S/c1-12(32-21(37)17-16(26)19(31-11-30-17)33-13-5-7-27-8-6-13)22-28-10-15(38-22)20(36)35-23-29-9-14(25)18(34-23)24(2,3)4/h5-12H,1-4H3,(H,32,37)(H,27,30,31,33)(H,29,34,35,36). The molecule has 0 aliphatic heterocycles. The van der Waals surface area contributed by atoms with Crippen LogP contribution in [-0.2, 0) is 5.41 Å². The molecule has 1 unspecified atom stereocenters. The van der Waals surface area contributed by atoms with Gasteiger partial charge in [0.15, 0.2) is 11.5 Å². The average Bonchev–Trinajstić information content (AvgIpc) is 3.37. The molecule has 2 amide bonds. The van der Waals surface area contributed by atoms with E-state index in [1.54, 1.807) is 31.5 Å². The molecular weight excluding hydrogens is 549 g/mol. The van der Waals surface area contributed by atoms with Crippen LogP contribution in [0.1, 0.15) is 64.6 Å². The van der Waals surface area contributed by atoms with Gasteiger partial charge in [-0.3, -0.25) is 19.9 Å². The van der Waals surface area contributed by atoms with Crippen LogP contribution in [0.15, 0.2) is 43.2 Å². The third kappa shape index (κ3) is 6.39. The lowest BCUT2D eigenvalue weighted by Crippen LogP contribution is -2.28. The molecule has 196 valence electrons. The molecular formula is C24H23Cl2N9O2S. The van der Waals surface area contributed by atoms with Crippen molar-refractivity contribution in [3.05, 3.63) is 74.6 Å². The first-order valence-corrected chi connectivity index (χ1v) is 12.9. The number of amides is 2. The van der Waals surface area contributed by atoms with Gasteiger partial charge in [0.2, 0.25) is 5.95 Å². The molecule has 0 saturated carbocycles. The van der Waals surface area contributed by atoms with Crippen molar-refractivity contribution >= 4 is 63.8 Å². The third-order valence-corrected chi connectivity index (χ3v) is 6.91. The van der Waals surface area contributed by atoms with Crippen LogP contribution in [0.5, 0.6) is 0 Å². The van der Waals surface area contributed by atoms with Gasteiger partial charge in [-0.2, -0.15) is 0 Å². The van der Waals surface area contributed by atoms with Crippen molar-refractivity contribution in [3.8, 4) is 0 Å². The summed E-state index contributed by atoms with van der Waals surface area (Å²) in [5.74, 6) is -0.540. The maximum absolute atomic E-state index is 12.9. The lowest BCUT2D eigenvalue weighted by Gasteiger charge is -2.19. The van der Waals surface area contributed by atoms with Gasteiger partial charge in [0.25, 0.3) is 11.8 Å². The van der Waals surface area contributed by atoms with Crippen molar-refractivity contribution in [2.75, 3.05) is 10.6 Å². The second kappa shape index (κ2) is 11.3. The van der Waals surface area contributed by atoms with Crippen LogP contribution in [0.3, 0.4) is 0 Å². The van der Waals surface area contributed by atoms with Crippen LogP contribution in [0, 0.1) is 0 Å². The molecule has 4 aromatic heterocycles. The quantitative estimate of drug-likeness (QED) is 0.271. The Morgan fingerprint density at radius 2 is 1.74 bits per heavy atom. The monoisotopic (exact) mass is 571 g/mol. The van der Waals surface area contributed by atoms with Crippen molar-refractivity contribution in [1.82, 2.24) is 35.2 Å². The molecule has 0 bridgehead atoms. The zero-order valence-corrected chi connectivity index (χ0v) is 23.1. The minimum Gasteiger partial charge on any atom is -0.342 e. The van der Waals surface area contributed by atoms with Crippen LogP contribution < -0.4 is 16.0 Å². The van der Waals surface area contributed by atoms with Crippen LogP contribution in [0.2, 0.25) is 10.0 Å². The average molecular weight is 572 g/mol. The predicted octanol–water partition coefficient (Wildman–Crippen LogP) is 5.21. The number of halogens is 2. The molecule has 0 spiro atoms. The van der Waals surface area contributed by atoms with E-state index in [1.807, 2.05) is 20.8 Å². The topological polar surface area (TPSA) is 148 Å². The molecule has 0 aromatic carbocycles. The maximum Gasteiger partial charge on any atom is 0.272 e. The maximum atomic E-state index is 12.9. The van der Waals surface area contributed by atoms with Gasteiger partial charge in [0.1, 0.15) is 21.2 Å². The second-order valence-corrected chi connectivity index (χ2v) is 10.9. The SMILES string of the molecule is CC(NC(=O)c1ncnc(Nc2ccncc2)c1Cl)c1ncc(C(=O)Nc2ncc(Cl)c(C(C)(C)C)n2)s1. The van der Waals surface area contributed by atoms with E-state index < -0.39 is 17.9 Å². The number of thiazole rings is 1. The molecule has 0 aliphatic rings. The fourth-order valence-electron chi connectivity index (χ4n) is 3.22. The van der Waals surface area contributed by atoms with Crippen molar-refractivity contribution in [3.63, 3.8) is 0 Å². The van der Waals surface area contributed by atoms with E-state index in [9.17, 15) is 9.59 Å². The van der Waals surface area contributed by atoms with Gasteiger partial charge in [0.05, 0.1) is 29.2 Å². The highest BCUT2D eigenvalue weighted by Crippen LogP contribution is 2.29. The minimum atomic E-state index is -0.532. The zero-order valence-electron chi connectivity index (χ0n) is 20.8. The Morgan fingerprint density at radius 1 is 1.00 bits per heavy atom. The number of pyridine rings is 1. The van der Waals surface area contributed by atoms with Crippen LogP contribution in [0.4, 0.5) is 17.5 Å². The van der Waals surface area contributed by atoms with E-state index in [-0.39, 0.29) is 27.9 Å². The van der Waals surface area contributed by atoms with Gasteiger partial charge < -0.3 is 10.6 Å². The lowest BCUT2D eigenvalue weighted by atomic mass is 9.92. The summed E-state index contributed by atoms with van der Waals surface area (Å²) in [6.45, 7) is 7.63. The van der Waals surface area contributed by atoms with Gasteiger partial charge in [-0.05, 0) is 19.1 Å². The first-order chi connectivity index (χ1) is 18.0. The van der Waals surface area contributed by atoms with Crippen LogP contribution >= 0.6 is 34.5 Å². The molecule has 1 atom stereocenters. The summed E-state index contributed by atoms with van der Waals surface area (Å²) in [6.07, 6.45) is 7.34. The number of anilines is 3. The Kier molecular flexibility index (Phi) is 8.14. The normalized spacial score (nSPS) is 12.1. The van der Waals surface area contributed by atoms with Crippen LogP contribution in [0.25, 0.3) is 0 Å². The number of hydrogen-bond donors (Lipinski definition) is 3. The molecule has 3 N–H and O–H groups in total. The number of carbonyl (C=O) groups excluding carboxylic acids is 2. The fourth-order valence-corrected chi connectivity index (χ4v) is 4.64. The number of carbonyl (C=O) groups is 2. The summed E-state index contributed by atoms with van der Waals surface area (Å²) in [5.41, 5.74) is 0.989. The van der Waals surface area contributed by atoms with E-state index in [4.69, 9.17) is 23.2 Å². The van der Waals surface area contributed by atoms with Crippen LogP contribution in [-0.4, -0.2) is 41.7 Å². The highest BCUT2D eigenvalue weighted by atomic mass is 35.5. The molecule has 4 heterocycles. The highest BCUT2D eigenvalue weighted by molar-refractivity contribution is 7.13. The molecule has 0 aliphatic carbocycles. The Bertz CT molecular complexity index is 1480. The summed E-state index contributed by atoms with van der Waals surface area (Å²) in [7, 11) is 0. The summed E-state index contributed by atoms with van der Waals surface area (Å²) < 4.78 is 0. The van der Waals surface area contributed by atoms with Crippen molar-refractivity contribution in [2.45, 2.75) is 39.2 Å². The van der Waals surface area contributed by atoms with Crippen molar-refractivity contribution < 1.29 is 9.59 Å². The number of nitrogens with one attached hydrogen (secondary N) is 3. The van der Waals surface area contributed by atoms with Gasteiger partial charge in [-0.25, -0.2) is 24.9 Å². The highest BCUT2D eigenvalue weighted by Gasteiger charge is 2.23. The second-order valence-electron chi connectivity index (χ2n) is 9.10. The smallest absolute Gasteiger partial charge is 0.272 e. The number of nitrogens with zero attached hydrogens (tertiary/aromatic N) is 6. The minimum absolute atomic E-state index is 0.00543. The van der Waals surface area contributed by atoms with Gasteiger partial charge in [0, 0.05) is 23.5 Å². The Morgan fingerprint density at radius 3 is 2.45 bits per heavy atom. The molecule has 11 nitrogen and oxygen atoms in total. The third-order valence-electron chi connectivity index (χ3n) is 5.09. The van der Waals surface area contributed by atoms with E-state index in [2.05, 4.69) is 45.9 Å². The summed E-state index contributed by atoms with van der Waals surface area (Å²) in [4.78, 5) is 50.9. The predicted molar refractivity (Wildman–Crippen MR) is 146 cm³/mol. The fraction of sp³-hybridized carbons (Fsp3) is 0.250. The molecule has 38 heavy (non-hydrogen) atoms. The molecule has 0 saturated heterocycles. The lowest BCUT2D eigenvalue weighted by molar-refractivity contribution is 0.0934. The molecule has 14 heteroatoms. The number of rotatable bonds is 7. The van der Waals surface area contributed by atoms with Gasteiger partial charge in [-0.15, -0.1) is 11.3 Å². The molecule has 0 fully saturated rings. The first-order valence-electron chi connectivity index (χ1n) is 11.3. The van der Waals surface area contributed by atoms with E-state index in [0.29, 0.717) is 26.3 Å². The number of hydrogen-bond acceptors (Lipinski definition) is 10. The van der Waals surface area contributed by atoms with Crippen molar-refractivity contribution in [1.29, 1.82) is 0 Å². The summed E-state index contributed by atoms with van der Waals surface area (Å²) in [6, 6.07) is 2.94. The molecule has 0 radical (unpaired) electrons. The number of aromatic nitrogens is 6. The van der Waals surface area contributed by atoms with Crippen molar-refractivity contribution in [2.24, 2.45) is 0 Å². The Hall–Kier alpha value is -3.74. The zero-order chi connectivity index (χ0) is 27.4. The largest absolute Gasteiger partial charge is 0.342 e. The van der Waals surface area contributed by atoms with E-state index in [1.165, 1.54) is 18.7 Å². The van der Waals surface area contributed by atoms with Gasteiger partial charge >= 0.3 is 0 Å².